The molecule has 0 amide bonds. The molecule has 0 saturated carbocycles. The molecule has 0 fully saturated rings. The Kier molecular flexibility index (Phi) is 5.25. The SMILES string of the molecule is Cc1ccc(N(C)S(C)(=O)=O)c(CN)c1.Cl. The topological polar surface area (TPSA) is 63.4 Å². The lowest BCUT2D eigenvalue weighted by molar-refractivity contribution is 0.600. The number of anilines is 1. The van der Waals surface area contributed by atoms with E-state index < -0.39 is 10.0 Å². The first-order valence-electron chi connectivity index (χ1n) is 4.59. The van der Waals surface area contributed by atoms with E-state index in [9.17, 15) is 8.42 Å². The number of hydrogen-bond donors (Lipinski definition) is 1. The van der Waals surface area contributed by atoms with Crippen molar-refractivity contribution in [2.75, 3.05) is 17.6 Å². The van der Waals surface area contributed by atoms with Crippen molar-refractivity contribution in [2.45, 2.75) is 13.5 Å². The van der Waals surface area contributed by atoms with E-state index in [0.29, 0.717) is 12.2 Å². The molecule has 1 rings (SSSR count). The van der Waals surface area contributed by atoms with Crippen LogP contribution in [0.15, 0.2) is 18.2 Å². The molecule has 0 aliphatic carbocycles. The molecule has 0 spiro atoms. The van der Waals surface area contributed by atoms with Gasteiger partial charge in [0.05, 0.1) is 11.9 Å². The Morgan fingerprint density at radius 2 is 1.94 bits per heavy atom. The van der Waals surface area contributed by atoms with Crippen LogP contribution < -0.4 is 10.0 Å². The van der Waals surface area contributed by atoms with E-state index in [0.717, 1.165) is 11.1 Å². The lowest BCUT2D eigenvalue weighted by atomic mass is 10.1. The summed E-state index contributed by atoms with van der Waals surface area (Å²) >= 11 is 0. The van der Waals surface area contributed by atoms with Crippen LogP contribution >= 0.6 is 12.4 Å². The van der Waals surface area contributed by atoms with Gasteiger partial charge in [-0.1, -0.05) is 17.7 Å². The molecule has 1 aromatic rings. The first-order chi connectivity index (χ1) is 6.86. The van der Waals surface area contributed by atoms with Crippen molar-refractivity contribution in [1.82, 2.24) is 0 Å². The molecule has 0 heterocycles. The lowest BCUT2D eigenvalue weighted by Crippen LogP contribution is -2.26. The predicted molar refractivity (Wildman–Crippen MR) is 69.6 cm³/mol. The molecule has 0 saturated heterocycles. The van der Waals surface area contributed by atoms with Crippen LogP contribution in [0.1, 0.15) is 11.1 Å². The van der Waals surface area contributed by atoms with Gasteiger partial charge >= 0.3 is 0 Å². The highest BCUT2D eigenvalue weighted by atomic mass is 35.5. The van der Waals surface area contributed by atoms with E-state index in [-0.39, 0.29) is 12.4 Å². The summed E-state index contributed by atoms with van der Waals surface area (Å²) in [6, 6.07) is 5.55. The summed E-state index contributed by atoms with van der Waals surface area (Å²) in [7, 11) is -1.70. The minimum absolute atomic E-state index is 0. The summed E-state index contributed by atoms with van der Waals surface area (Å²) in [6.07, 6.45) is 1.17. The van der Waals surface area contributed by atoms with Crippen LogP contribution in [-0.2, 0) is 16.6 Å². The number of nitrogens with two attached hydrogens (primary N) is 1. The molecule has 4 nitrogen and oxygen atoms in total. The number of nitrogens with zero attached hydrogens (tertiary/aromatic N) is 1. The third kappa shape index (κ3) is 3.37. The van der Waals surface area contributed by atoms with E-state index in [4.69, 9.17) is 5.73 Å². The number of hydrogen-bond acceptors (Lipinski definition) is 3. The summed E-state index contributed by atoms with van der Waals surface area (Å²) in [6.45, 7) is 2.28. The number of aryl methyl sites for hydroxylation is 1. The summed E-state index contributed by atoms with van der Waals surface area (Å²) in [5, 5.41) is 0. The molecule has 0 aromatic heterocycles. The van der Waals surface area contributed by atoms with Gasteiger partial charge in [-0.3, -0.25) is 4.31 Å². The Labute approximate surface area is 103 Å². The van der Waals surface area contributed by atoms with Crippen molar-refractivity contribution in [1.29, 1.82) is 0 Å². The Morgan fingerprint density at radius 3 is 2.38 bits per heavy atom. The maximum Gasteiger partial charge on any atom is 0.232 e. The minimum Gasteiger partial charge on any atom is -0.326 e. The van der Waals surface area contributed by atoms with Gasteiger partial charge in [0.25, 0.3) is 0 Å². The second kappa shape index (κ2) is 5.52. The molecular formula is C10H17ClN2O2S. The van der Waals surface area contributed by atoms with Crippen molar-refractivity contribution >= 4 is 28.1 Å². The molecule has 16 heavy (non-hydrogen) atoms. The number of rotatable bonds is 3. The monoisotopic (exact) mass is 264 g/mol. The Hall–Kier alpha value is -0.780. The van der Waals surface area contributed by atoms with Crippen molar-refractivity contribution in [3.8, 4) is 0 Å². The molecule has 0 atom stereocenters. The van der Waals surface area contributed by atoms with Gasteiger partial charge in [0.1, 0.15) is 0 Å². The van der Waals surface area contributed by atoms with Crippen LogP contribution in [0.25, 0.3) is 0 Å². The van der Waals surface area contributed by atoms with Crippen molar-refractivity contribution in [3.05, 3.63) is 29.3 Å². The zero-order valence-electron chi connectivity index (χ0n) is 9.60. The van der Waals surface area contributed by atoms with Gasteiger partial charge in [-0.25, -0.2) is 8.42 Å². The largest absolute Gasteiger partial charge is 0.326 e. The predicted octanol–water partition coefficient (Wildman–Crippen LogP) is 1.27. The van der Waals surface area contributed by atoms with Crippen LogP contribution in [0.5, 0.6) is 0 Å². The van der Waals surface area contributed by atoms with Gasteiger partial charge < -0.3 is 5.73 Å². The summed E-state index contributed by atoms with van der Waals surface area (Å²) in [5.74, 6) is 0. The number of benzene rings is 1. The van der Waals surface area contributed by atoms with Crippen LogP contribution in [0, 0.1) is 6.92 Å². The summed E-state index contributed by atoms with van der Waals surface area (Å²) in [5.41, 5.74) is 8.13. The maximum absolute atomic E-state index is 11.4. The molecule has 92 valence electrons. The zero-order valence-corrected chi connectivity index (χ0v) is 11.2. The highest BCUT2D eigenvalue weighted by Crippen LogP contribution is 2.22. The second-order valence-electron chi connectivity index (χ2n) is 3.57. The second-order valence-corrected chi connectivity index (χ2v) is 5.58. The van der Waals surface area contributed by atoms with Crippen molar-refractivity contribution in [2.24, 2.45) is 5.73 Å². The van der Waals surface area contributed by atoms with Crippen LogP contribution in [-0.4, -0.2) is 21.7 Å². The molecule has 0 unspecified atom stereocenters. The fourth-order valence-corrected chi connectivity index (χ4v) is 1.90. The summed E-state index contributed by atoms with van der Waals surface area (Å²) in [4.78, 5) is 0. The third-order valence-electron chi connectivity index (χ3n) is 2.29. The van der Waals surface area contributed by atoms with Gasteiger partial charge in [-0.2, -0.15) is 0 Å². The Morgan fingerprint density at radius 1 is 1.38 bits per heavy atom. The highest BCUT2D eigenvalue weighted by Gasteiger charge is 2.14. The third-order valence-corrected chi connectivity index (χ3v) is 3.48. The van der Waals surface area contributed by atoms with E-state index in [1.165, 1.54) is 17.6 Å². The van der Waals surface area contributed by atoms with E-state index >= 15 is 0 Å². The maximum atomic E-state index is 11.4. The molecule has 6 heteroatoms. The number of halogens is 1. The van der Waals surface area contributed by atoms with Gasteiger partial charge in [0.15, 0.2) is 0 Å². The van der Waals surface area contributed by atoms with E-state index in [2.05, 4.69) is 0 Å². The zero-order chi connectivity index (χ0) is 11.6. The molecule has 0 radical (unpaired) electrons. The fourth-order valence-electron chi connectivity index (χ4n) is 1.36. The van der Waals surface area contributed by atoms with Gasteiger partial charge in [-0.05, 0) is 18.6 Å². The normalized spacial score (nSPS) is 10.8. The Bertz CT molecular complexity index is 460. The summed E-state index contributed by atoms with van der Waals surface area (Å²) < 4.78 is 24.0. The average molecular weight is 265 g/mol. The first kappa shape index (κ1) is 15.2. The quantitative estimate of drug-likeness (QED) is 0.894. The lowest BCUT2D eigenvalue weighted by Gasteiger charge is -2.20. The smallest absolute Gasteiger partial charge is 0.232 e. The van der Waals surface area contributed by atoms with Gasteiger partial charge in [-0.15, -0.1) is 12.4 Å². The molecule has 0 aliphatic rings. The fraction of sp³-hybridized carbons (Fsp3) is 0.400. The van der Waals surface area contributed by atoms with Gasteiger partial charge in [0.2, 0.25) is 10.0 Å². The van der Waals surface area contributed by atoms with Crippen molar-refractivity contribution in [3.63, 3.8) is 0 Å². The highest BCUT2D eigenvalue weighted by molar-refractivity contribution is 7.92. The Balaban J connectivity index is 0.00000225. The van der Waals surface area contributed by atoms with Crippen molar-refractivity contribution < 1.29 is 8.42 Å². The van der Waals surface area contributed by atoms with Crippen LogP contribution in [0.2, 0.25) is 0 Å². The molecule has 2 N–H and O–H groups in total. The first-order valence-corrected chi connectivity index (χ1v) is 6.44. The molecule has 1 aromatic carbocycles. The van der Waals surface area contributed by atoms with Gasteiger partial charge in [0, 0.05) is 13.6 Å². The molecule has 0 aliphatic heterocycles. The molecule has 0 bridgehead atoms. The van der Waals surface area contributed by atoms with E-state index in [1.807, 2.05) is 19.1 Å². The van der Waals surface area contributed by atoms with E-state index in [1.54, 1.807) is 6.07 Å². The minimum atomic E-state index is -3.22. The molecular weight excluding hydrogens is 248 g/mol. The van der Waals surface area contributed by atoms with Crippen LogP contribution in [0.3, 0.4) is 0 Å². The average Bonchev–Trinajstić information content (AvgIpc) is 2.15. The number of sulfonamides is 1. The van der Waals surface area contributed by atoms with Crippen LogP contribution in [0.4, 0.5) is 5.69 Å². The standard InChI is InChI=1S/C10H16N2O2S.ClH/c1-8-4-5-10(9(6-8)7-11)12(2)15(3,13)14;/h4-6H,7,11H2,1-3H3;1H.